The molecule has 1 saturated heterocycles. The summed E-state index contributed by atoms with van der Waals surface area (Å²) in [6.45, 7) is 5.05. The molecule has 1 aliphatic rings. The molecule has 0 radical (unpaired) electrons. The van der Waals surface area contributed by atoms with Gasteiger partial charge in [0.15, 0.2) is 0 Å². The van der Waals surface area contributed by atoms with Crippen LogP contribution in [0.4, 0.5) is 41.6 Å². The van der Waals surface area contributed by atoms with Crippen LogP contribution >= 0.6 is 23.2 Å². The first-order chi connectivity index (χ1) is 17.3. The number of nitrogens with one attached hydrogen (secondary N) is 2. The van der Waals surface area contributed by atoms with Crippen LogP contribution in [-0.2, 0) is 17.1 Å². The van der Waals surface area contributed by atoms with Gasteiger partial charge in [-0.1, -0.05) is 29.3 Å². The number of hydrogen-bond donors (Lipinski definition) is 2. The predicted molar refractivity (Wildman–Crippen MR) is 129 cm³/mol. The largest absolute Gasteiger partial charge is 0.444 e. The van der Waals surface area contributed by atoms with Gasteiger partial charge in [0.1, 0.15) is 5.60 Å². The molecule has 2 aromatic rings. The summed E-state index contributed by atoms with van der Waals surface area (Å²) in [5, 5.41) is 5.06. The molecule has 38 heavy (non-hydrogen) atoms. The van der Waals surface area contributed by atoms with E-state index in [4.69, 9.17) is 27.9 Å². The van der Waals surface area contributed by atoms with Gasteiger partial charge in [0.05, 0.1) is 27.2 Å². The molecule has 2 aromatic carbocycles. The van der Waals surface area contributed by atoms with E-state index in [0.29, 0.717) is 17.7 Å². The Hall–Kier alpha value is -2.86. The Morgan fingerprint density at radius 2 is 1.47 bits per heavy atom. The van der Waals surface area contributed by atoms with Crippen LogP contribution in [-0.4, -0.2) is 41.8 Å². The fraction of sp³-hybridized carbons (Fsp3) is 0.417. The van der Waals surface area contributed by atoms with Gasteiger partial charge < -0.3 is 20.3 Å². The molecule has 1 fully saturated rings. The van der Waals surface area contributed by atoms with Gasteiger partial charge in [-0.05, 0) is 56.7 Å². The standard InChI is InChI=1S/C24H23Cl2F6N3O3/c1-22(2,3)38-21(37)35-10-16(12-4-5-17(25)18(26)6-12)19(11-35)34-20(36)33-15-8-13(23(27,28)29)7-14(9-15)24(30,31)32/h4-9,16,19H,10-11H2,1-3H3,(H2,33,34,36)/t16-,19-/m1/s1. The number of benzene rings is 2. The zero-order chi connectivity index (χ0) is 28.6. The molecule has 3 amide bonds. The van der Waals surface area contributed by atoms with Gasteiger partial charge in [-0.25, -0.2) is 9.59 Å². The minimum atomic E-state index is -5.08. The lowest BCUT2D eigenvalue weighted by Gasteiger charge is -2.24. The highest BCUT2D eigenvalue weighted by molar-refractivity contribution is 6.42. The number of rotatable bonds is 3. The van der Waals surface area contributed by atoms with Crippen LogP contribution in [0.25, 0.3) is 0 Å². The number of halogens is 8. The maximum Gasteiger partial charge on any atom is 0.416 e. The number of likely N-dealkylation sites (tertiary alicyclic amines) is 1. The highest BCUT2D eigenvalue weighted by atomic mass is 35.5. The molecule has 1 aliphatic heterocycles. The zero-order valence-corrected chi connectivity index (χ0v) is 21.7. The molecular weight excluding hydrogens is 563 g/mol. The molecule has 2 atom stereocenters. The predicted octanol–water partition coefficient (Wildman–Crippen LogP) is 7.56. The summed E-state index contributed by atoms with van der Waals surface area (Å²) in [7, 11) is 0. The van der Waals surface area contributed by atoms with Crippen molar-refractivity contribution < 1.29 is 40.7 Å². The van der Waals surface area contributed by atoms with Crippen LogP contribution in [0.1, 0.15) is 43.4 Å². The normalized spacial score (nSPS) is 18.3. The van der Waals surface area contributed by atoms with Crippen LogP contribution in [0.3, 0.4) is 0 Å². The third-order valence-corrected chi connectivity index (χ3v) is 6.24. The Morgan fingerprint density at radius 3 is 1.97 bits per heavy atom. The highest BCUT2D eigenvalue weighted by Gasteiger charge is 2.40. The molecule has 0 spiro atoms. The van der Waals surface area contributed by atoms with E-state index in [1.807, 2.05) is 5.32 Å². The van der Waals surface area contributed by atoms with E-state index >= 15 is 0 Å². The Labute approximate surface area is 224 Å². The Bertz CT molecular complexity index is 1180. The van der Waals surface area contributed by atoms with E-state index in [0.717, 1.165) is 0 Å². The van der Waals surface area contributed by atoms with E-state index in [-0.39, 0.29) is 29.2 Å². The first-order valence-electron chi connectivity index (χ1n) is 11.1. The van der Waals surface area contributed by atoms with Gasteiger partial charge in [-0.2, -0.15) is 26.3 Å². The van der Waals surface area contributed by atoms with Crippen molar-refractivity contribution in [3.63, 3.8) is 0 Å². The van der Waals surface area contributed by atoms with Gasteiger partial charge in [-0.3, -0.25) is 0 Å². The van der Waals surface area contributed by atoms with E-state index in [1.54, 1.807) is 32.9 Å². The monoisotopic (exact) mass is 585 g/mol. The van der Waals surface area contributed by atoms with Crippen LogP contribution in [0.5, 0.6) is 0 Å². The Morgan fingerprint density at radius 1 is 0.895 bits per heavy atom. The van der Waals surface area contributed by atoms with Crippen molar-refractivity contribution in [2.24, 2.45) is 0 Å². The molecule has 0 unspecified atom stereocenters. The minimum Gasteiger partial charge on any atom is -0.444 e. The number of nitrogens with zero attached hydrogens (tertiary/aromatic N) is 1. The summed E-state index contributed by atoms with van der Waals surface area (Å²) in [4.78, 5) is 26.7. The van der Waals surface area contributed by atoms with E-state index in [2.05, 4.69) is 5.32 Å². The zero-order valence-electron chi connectivity index (χ0n) is 20.2. The summed E-state index contributed by atoms with van der Waals surface area (Å²) < 4.78 is 84.4. The lowest BCUT2D eigenvalue weighted by molar-refractivity contribution is -0.143. The van der Waals surface area contributed by atoms with Gasteiger partial charge in [0, 0.05) is 24.7 Å². The molecule has 0 aliphatic carbocycles. The molecule has 14 heteroatoms. The van der Waals surface area contributed by atoms with Crippen molar-refractivity contribution in [1.82, 2.24) is 10.2 Å². The minimum absolute atomic E-state index is 0.0426. The van der Waals surface area contributed by atoms with E-state index < -0.39 is 58.9 Å². The summed E-state index contributed by atoms with van der Waals surface area (Å²) in [6, 6.07) is 3.58. The quantitative estimate of drug-likeness (QED) is 0.365. The summed E-state index contributed by atoms with van der Waals surface area (Å²) in [6.07, 6.45) is -10.8. The van der Waals surface area contributed by atoms with Crippen LogP contribution in [0.2, 0.25) is 10.0 Å². The van der Waals surface area contributed by atoms with Crippen LogP contribution < -0.4 is 10.6 Å². The number of anilines is 1. The van der Waals surface area contributed by atoms with Crippen molar-refractivity contribution in [1.29, 1.82) is 0 Å². The number of urea groups is 1. The molecule has 6 nitrogen and oxygen atoms in total. The lowest BCUT2D eigenvalue weighted by Crippen LogP contribution is -2.43. The van der Waals surface area contributed by atoms with E-state index in [9.17, 15) is 35.9 Å². The molecule has 0 saturated carbocycles. The van der Waals surface area contributed by atoms with Crippen LogP contribution in [0, 0.1) is 0 Å². The number of amides is 3. The SMILES string of the molecule is CC(C)(C)OC(=O)N1C[C@H](c2ccc(Cl)c(Cl)c2)[C@H](NC(=O)Nc2cc(C(F)(F)F)cc(C(F)(F)F)c2)C1. The number of carbonyl (C=O) groups excluding carboxylic acids is 2. The topological polar surface area (TPSA) is 70.7 Å². The van der Waals surface area contributed by atoms with Crippen molar-refractivity contribution in [2.45, 2.75) is 50.7 Å². The van der Waals surface area contributed by atoms with Crippen molar-refractivity contribution >= 4 is 41.0 Å². The molecule has 0 aromatic heterocycles. The summed E-state index contributed by atoms with van der Waals surface area (Å²) in [5.74, 6) is -0.546. The average Bonchev–Trinajstić information content (AvgIpc) is 3.17. The fourth-order valence-electron chi connectivity index (χ4n) is 3.87. The maximum atomic E-state index is 13.2. The number of carbonyl (C=O) groups is 2. The number of ether oxygens (including phenoxy) is 1. The van der Waals surface area contributed by atoms with Gasteiger partial charge in [0.2, 0.25) is 0 Å². The first kappa shape index (κ1) is 29.7. The molecular formula is C24H23Cl2F6N3O3. The second kappa shape index (κ2) is 10.7. The third kappa shape index (κ3) is 7.59. The van der Waals surface area contributed by atoms with Gasteiger partial charge in [-0.15, -0.1) is 0 Å². The third-order valence-electron chi connectivity index (χ3n) is 5.51. The molecule has 208 valence electrons. The van der Waals surface area contributed by atoms with Crippen molar-refractivity contribution in [2.75, 3.05) is 18.4 Å². The maximum absolute atomic E-state index is 13.2. The lowest BCUT2D eigenvalue weighted by atomic mass is 9.94. The highest BCUT2D eigenvalue weighted by Crippen LogP contribution is 2.38. The smallest absolute Gasteiger partial charge is 0.416 e. The van der Waals surface area contributed by atoms with Gasteiger partial charge in [0.25, 0.3) is 0 Å². The van der Waals surface area contributed by atoms with Crippen LogP contribution in [0.15, 0.2) is 36.4 Å². The molecule has 2 N–H and O–H groups in total. The van der Waals surface area contributed by atoms with E-state index in [1.165, 1.54) is 11.0 Å². The number of hydrogen-bond acceptors (Lipinski definition) is 3. The molecule has 1 heterocycles. The summed E-state index contributed by atoms with van der Waals surface area (Å²) in [5.41, 5.74) is -4.08. The molecule has 3 rings (SSSR count). The number of alkyl halides is 6. The second-order valence-corrected chi connectivity index (χ2v) is 10.5. The van der Waals surface area contributed by atoms with Gasteiger partial charge >= 0.3 is 24.5 Å². The molecule has 0 bridgehead atoms. The summed E-state index contributed by atoms with van der Waals surface area (Å²) >= 11 is 12.1. The fourth-order valence-corrected chi connectivity index (χ4v) is 4.18. The first-order valence-corrected chi connectivity index (χ1v) is 11.9. The average molecular weight is 586 g/mol. The second-order valence-electron chi connectivity index (χ2n) is 9.66. The Kier molecular flexibility index (Phi) is 8.38. The van der Waals surface area contributed by atoms with Crippen molar-refractivity contribution in [3.05, 3.63) is 63.1 Å². The van der Waals surface area contributed by atoms with Crippen molar-refractivity contribution in [3.8, 4) is 0 Å². The Balaban J connectivity index is 1.86.